The Morgan fingerprint density at radius 2 is 2.24 bits per heavy atom. The molecule has 100 valence electrons. The molecule has 0 aromatic carbocycles. The van der Waals surface area contributed by atoms with Crippen LogP contribution in [0.3, 0.4) is 0 Å². The number of nitrogens with zero attached hydrogens (tertiary/aromatic N) is 1. The van der Waals surface area contributed by atoms with Gasteiger partial charge in [0.15, 0.2) is 0 Å². The Kier molecular flexibility index (Phi) is 4.95. The van der Waals surface area contributed by atoms with E-state index in [0.717, 1.165) is 32.4 Å². The molecular weight excluding hydrogens is 216 g/mol. The van der Waals surface area contributed by atoms with Crippen molar-refractivity contribution < 1.29 is 9.90 Å². The van der Waals surface area contributed by atoms with E-state index in [1.807, 2.05) is 0 Å². The van der Waals surface area contributed by atoms with Gasteiger partial charge in [0, 0.05) is 6.04 Å². The van der Waals surface area contributed by atoms with Gasteiger partial charge in [0.2, 0.25) is 0 Å². The lowest BCUT2D eigenvalue weighted by atomic mass is 9.85. The third kappa shape index (κ3) is 3.19. The third-order valence-electron chi connectivity index (χ3n) is 4.17. The molecule has 0 spiro atoms. The molecular formula is C13H26N2O2. The molecule has 4 heteroatoms. The Morgan fingerprint density at radius 3 is 2.71 bits per heavy atom. The summed E-state index contributed by atoms with van der Waals surface area (Å²) in [7, 11) is 0. The topological polar surface area (TPSA) is 66.6 Å². The second-order valence-electron chi connectivity index (χ2n) is 5.45. The second kappa shape index (κ2) is 5.83. The fourth-order valence-electron chi connectivity index (χ4n) is 2.89. The van der Waals surface area contributed by atoms with E-state index < -0.39 is 11.5 Å². The summed E-state index contributed by atoms with van der Waals surface area (Å²) in [6, 6.07) is 0.512. The number of carboxylic acid groups (broad SMARTS) is 1. The highest BCUT2D eigenvalue weighted by atomic mass is 16.4. The smallest absolute Gasteiger partial charge is 0.323 e. The quantitative estimate of drug-likeness (QED) is 0.744. The number of rotatable bonds is 6. The van der Waals surface area contributed by atoms with Crippen LogP contribution in [0.2, 0.25) is 0 Å². The lowest BCUT2D eigenvalue weighted by Gasteiger charge is -2.31. The van der Waals surface area contributed by atoms with E-state index in [2.05, 4.69) is 25.7 Å². The van der Waals surface area contributed by atoms with Gasteiger partial charge < -0.3 is 15.7 Å². The van der Waals surface area contributed by atoms with Gasteiger partial charge in [-0.15, -0.1) is 0 Å². The fraction of sp³-hybridized carbons (Fsp3) is 0.923. The Morgan fingerprint density at radius 1 is 1.59 bits per heavy atom. The number of aliphatic carboxylic acids is 1. The number of hydrogen-bond acceptors (Lipinski definition) is 3. The normalized spacial score (nSPS) is 29.2. The van der Waals surface area contributed by atoms with E-state index in [-0.39, 0.29) is 5.92 Å². The Balaban J connectivity index is 2.54. The van der Waals surface area contributed by atoms with Crippen LogP contribution in [0, 0.1) is 5.92 Å². The van der Waals surface area contributed by atoms with E-state index in [0.29, 0.717) is 12.5 Å². The van der Waals surface area contributed by atoms with Crippen molar-refractivity contribution in [3.05, 3.63) is 0 Å². The Labute approximate surface area is 104 Å². The molecule has 2 unspecified atom stereocenters. The summed E-state index contributed by atoms with van der Waals surface area (Å²) in [5.41, 5.74) is 5.06. The molecule has 0 radical (unpaired) electrons. The van der Waals surface area contributed by atoms with Crippen molar-refractivity contribution in [1.82, 2.24) is 4.90 Å². The Hall–Kier alpha value is -0.610. The van der Waals surface area contributed by atoms with Crippen molar-refractivity contribution in [1.29, 1.82) is 0 Å². The van der Waals surface area contributed by atoms with Crippen LogP contribution in [0.15, 0.2) is 0 Å². The van der Waals surface area contributed by atoms with E-state index in [9.17, 15) is 9.90 Å². The van der Waals surface area contributed by atoms with Crippen LogP contribution >= 0.6 is 0 Å². The van der Waals surface area contributed by atoms with Gasteiger partial charge in [0.25, 0.3) is 0 Å². The molecule has 17 heavy (non-hydrogen) atoms. The molecule has 1 aliphatic carbocycles. The van der Waals surface area contributed by atoms with E-state index in [1.54, 1.807) is 0 Å². The standard InChI is InChI=1S/C13H26N2O2/c1-4-15(10(2)3)9-7-11-6-5-8-13(11,14)12(16)17/h10-11H,4-9,14H2,1-3H3,(H,16,17). The van der Waals surface area contributed by atoms with Gasteiger partial charge in [-0.3, -0.25) is 4.79 Å². The highest BCUT2D eigenvalue weighted by Crippen LogP contribution is 2.36. The highest BCUT2D eigenvalue weighted by molar-refractivity contribution is 5.79. The van der Waals surface area contributed by atoms with E-state index in [4.69, 9.17) is 5.73 Å². The van der Waals surface area contributed by atoms with Crippen LogP contribution in [-0.2, 0) is 4.79 Å². The summed E-state index contributed by atoms with van der Waals surface area (Å²) in [6.45, 7) is 8.44. The number of carbonyl (C=O) groups is 1. The maximum atomic E-state index is 11.2. The molecule has 0 heterocycles. The minimum absolute atomic E-state index is 0.132. The average Bonchev–Trinajstić information content (AvgIpc) is 2.62. The van der Waals surface area contributed by atoms with Crippen molar-refractivity contribution in [3.63, 3.8) is 0 Å². The van der Waals surface area contributed by atoms with Crippen molar-refractivity contribution in [2.75, 3.05) is 13.1 Å². The van der Waals surface area contributed by atoms with E-state index >= 15 is 0 Å². The second-order valence-corrected chi connectivity index (χ2v) is 5.45. The maximum absolute atomic E-state index is 11.2. The zero-order chi connectivity index (χ0) is 13.1. The monoisotopic (exact) mass is 242 g/mol. The van der Waals surface area contributed by atoms with Gasteiger partial charge in [-0.2, -0.15) is 0 Å². The van der Waals surface area contributed by atoms with Gasteiger partial charge in [0.05, 0.1) is 0 Å². The van der Waals surface area contributed by atoms with Crippen molar-refractivity contribution in [3.8, 4) is 0 Å². The van der Waals surface area contributed by atoms with Gasteiger partial charge in [-0.05, 0) is 52.1 Å². The summed E-state index contributed by atoms with van der Waals surface area (Å²) in [6.07, 6.45) is 3.43. The maximum Gasteiger partial charge on any atom is 0.323 e. The molecule has 1 fully saturated rings. The molecule has 3 N–H and O–H groups in total. The van der Waals surface area contributed by atoms with Gasteiger partial charge >= 0.3 is 5.97 Å². The molecule has 1 aliphatic rings. The zero-order valence-electron chi connectivity index (χ0n) is 11.3. The third-order valence-corrected chi connectivity index (χ3v) is 4.17. The van der Waals surface area contributed by atoms with Crippen LogP contribution < -0.4 is 5.73 Å². The summed E-state index contributed by atoms with van der Waals surface area (Å²) in [5.74, 6) is -0.694. The van der Waals surface area contributed by atoms with Crippen LogP contribution in [-0.4, -0.2) is 40.6 Å². The van der Waals surface area contributed by atoms with Crippen LogP contribution in [0.4, 0.5) is 0 Å². The molecule has 0 bridgehead atoms. The van der Waals surface area contributed by atoms with Crippen molar-refractivity contribution in [2.45, 2.75) is 58.0 Å². The summed E-state index contributed by atoms with van der Waals surface area (Å²) >= 11 is 0. The predicted octanol–water partition coefficient (Wildman–Crippen LogP) is 1.69. The van der Waals surface area contributed by atoms with Gasteiger partial charge in [-0.25, -0.2) is 0 Å². The first-order valence-corrected chi connectivity index (χ1v) is 6.68. The molecule has 1 saturated carbocycles. The first kappa shape index (κ1) is 14.5. The van der Waals surface area contributed by atoms with Gasteiger partial charge in [0.1, 0.15) is 5.54 Å². The fourth-order valence-corrected chi connectivity index (χ4v) is 2.89. The van der Waals surface area contributed by atoms with Crippen LogP contribution in [0.5, 0.6) is 0 Å². The Bertz CT molecular complexity index is 268. The molecule has 4 nitrogen and oxygen atoms in total. The molecule has 0 aromatic heterocycles. The highest BCUT2D eigenvalue weighted by Gasteiger charge is 2.45. The van der Waals surface area contributed by atoms with Crippen LogP contribution in [0.25, 0.3) is 0 Å². The number of carboxylic acids is 1. The lowest BCUT2D eigenvalue weighted by Crippen LogP contribution is -2.51. The first-order valence-electron chi connectivity index (χ1n) is 6.68. The minimum atomic E-state index is -0.976. The molecule has 1 rings (SSSR count). The molecule has 0 saturated heterocycles. The summed E-state index contributed by atoms with van der Waals surface area (Å²) < 4.78 is 0. The van der Waals surface area contributed by atoms with Crippen molar-refractivity contribution in [2.24, 2.45) is 11.7 Å². The number of hydrogen-bond donors (Lipinski definition) is 2. The molecule has 0 aromatic rings. The minimum Gasteiger partial charge on any atom is -0.480 e. The van der Waals surface area contributed by atoms with Crippen LogP contribution in [0.1, 0.15) is 46.5 Å². The average molecular weight is 242 g/mol. The van der Waals surface area contributed by atoms with E-state index in [1.165, 1.54) is 0 Å². The zero-order valence-corrected chi connectivity index (χ0v) is 11.3. The summed E-state index contributed by atoms with van der Waals surface area (Å²) in [4.78, 5) is 13.6. The summed E-state index contributed by atoms with van der Waals surface area (Å²) in [5, 5.41) is 9.24. The predicted molar refractivity (Wildman–Crippen MR) is 68.9 cm³/mol. The molecule has 0 amide bonds. The van der Waals surface area contributed by atoms with Gasteiger partial charge in [-0.1, -0.05) is 13.3 Å². The largest absolute Gasteiger partial charge is 0.480 e. The molecule has 0 aliphatic heterocycles. The SMILES string of the molecule is CCN(CCC1CCCC1(N)C(=O)O)C(C)C. The molecule has 2 atom stereocenters. The lowest BCUT2D eigenvalue weighted by molar-refractivity contribution is -0.144. The number of nitrogens with two attached hydrogens (primary N) is 1. The van der Waals surface area contributed by atoms with Crippen molar-refractivity contribution >= 4 is 5.97 Å². The first-order chi connectivity index (χ1) is 7.91.